The molecule has 9 heteroatoms. The Bertz CT molecular complexity index is 843. The van der Waals surface area contributed by atoms with Gasteiger partial charge in [0.1, 0.15) is 6.10 Å². The van der Waals surface area contributed by atoms with Crippen molar-refractivity contribution < 1.29 is 28.5 Å². The summed E-state index contributed by atoms with van der Waals surface area (Å²) in [5, 5.41) is 6.41. The second-order valence-electron chi connectivity index (χ2n) is 9.95. The van der Waals surface area contributed by atoms with Gasteiger partial charge in [-0.15, -0.1) is 0 Å². The van der Waals surface area contributed by atoms with Gasteiger partial charge in [-0.3, -0.25) is 4.79 Å². The fraction of sp³-hybridized carbons (Fsp3) is 0.704. The largest absolute Gasteiger partial charge is 0.493 e. The van der Waals surface area contributed by atoms with E-state index in [2.05, 4.69) is 10.6 Å². The first-order valence-electron chi connectivity index (χ1n) is 13.2. The van der Waals surface area contributed by atoms with Crippen LogP contribution < -0.4 is 20.1 Å². The minimum atomic E-state index is -0.353. The third-order valence-electron chi connectivity index (χ3n) is 6.95. The first kappa shape index (κ1) is 28.1. The molecule has 0 bridgehead atoms. The highest BCUT2D eigenvalue weighted by molar-refractivity contribution is 5.95. The summed E-state index contributed by atoms with van der Waals surface area (Å²) in [5.41, 5.74) is 0.540. The first-order valence-corrected chi connectivity index (χ1v) is 13.2. The van der Waals surface area contributed by atoms with E-state index in [1.165, 1.54) is 6.42 Å². The SMILES string of the molecule is COCCCOc1cc(C(=O)N(C[C@@H]2CNC[C@H]2NC(=O)OC2CCCCC2)C(C)C)ccc1OC. The Morgan fingerprint density at radius 2 is 1.86 bits per heavy atom. The summed E-state index contributed by atoms with van der Waals surface area (Å²) < 4.78 is 22.0. The number of nitrogens with zero attached hydrogens (tertiary/aromatic N) is 1. The summed E-state index contributed by atoms with van der Waals surface area (Å²) in [5.74, 6) is 1.12. The molecule has 0 radical (unpaired) electrons. The van der Waals surface area contributed by atoms with Gasteiger partial charge in [-0.05, 0) is 57.7 Å². The average Bonchev–Trinajstić information content (AvgIpc) is 3.31. The van der Waals surface area contributed by atoms with Gasteiger partial charge < -0.3 is 34.5 Å². The molecule has 2 N–H and O–H groups in total. The van der Waals surface area contributed by atoms with Crippen LogP contribution >= 0.6 is 0 Å². The smallest absolute Gasteiger partial charge is 0.407 e. The number of nitrogens with one attached hydrogen (secondary N) is 2. The molecule has 0 unspecified atom stereocenters. The van der Waals surface area contributed by atoms with Gasteiger partial charge in [0, 0.05) is 57.3 Å². The zero-order valence-electron chi connectivity index (χ0n) is 22.2. The van der Waals surface area contributed by atoms with E-state index in [4.69, 9.17) is 18.9 Å². The fourth-order valence-electron chi connectivity index (χ4n) is 4.87. The van der Waals surface area contributed by atoms with Crippen LogP contribution in [0.15, 0.2) is 18.2 Å². The second-order valence-corrected chi connectivity index (χ2v) is 9.95. The normalized spacial score (nSPS) is 20.2. The van der Waals surface area contributed by atoms with Crippen molar-refractivity contribution in [2.75, 3.05) is 47.1 Å². The lowest BCUT2D eigenvalue weighted by Gasteiger charge is -2.32. The lowest BCUT2D eigenvalue weighted by molar-refractivity contribution is 0.0643. The number of methoxy groups -OCH3 is 2. The molecule has 1 aliphatic carbocycles. The van der Waals surface area contributed by atoms with Crippen molar-refractivity contribution in [2.24, 2.45) is 5.92 Å². The molecule has 9 nitrogen and oxygen atoms in total. The van der Waals surface area contributed by atoms with Crippen LogP contribution in [0.2, 0.25) is 0 Å². The van der Waals surface area contributed by atoms with E-state index in [1.54, 1.807) is 32.4 Å². The summed E-state index contributed by atoms with van der Waals surface area (Å²) in [4.78, 5) is 28.0. The van der Waals surface area contributed by atoms with E-state index in [9.17, 15) is 9.59 Å². The molecule has 2 aliphatic rings. The van der Waals surface area contributed by atoms with E-state index >= 15 is 0 Å². The fourth-order valence-corrected chi connectivity index (χ4v) is 4.87. The highest BCUT2D eigenvalue weighted by atomic mass is 16.6. The van der Waals surface area contributed by atoms with Gasteiger partial charge in [-0.25, -0.2) is 4.79 Å². The molecule has 1 aromatic rings. The summed E-state index contributed by atoms with van der Waals surface area (Å²) in [6.45, 7) is 6.98. The number of carbonyl (C=O) groups excluding carboxylic acids is 2. The molecule has 2 amide bonds. The molecule has 1 heterocycles. The van der Waals surface area contributed by atoms with Gasteiger partial charge >= 0.3 is 6.09 Å². The van der Waals surface area contributed by atoms with E-state index in [-0.39, 0.29) is 36.1 Å². The number of amides is 2. The molecule has 3 rings (SSSR count). The Morgan fingerprint density at radius 3 is 2.56 bits per heavy atom. The summed E-state index contributed by atoms with van der Waals surface area (Å²) in [6.07, 6.45) is 5.72. The molecule has 2 atom stereocenters. The first-order chi connectivity index (χ1) is 17.4. The van der Waals surface area contributed by atoms with Gasteiger partial charge in [0.25, 0.3) is 5.91 Å². The summed E-state index contributed by atoms with van der Waals surface area (Å²) in [7, 11) is 3.23. The Hall–Kier alpha value is -2.52. The molecular weight excluding hydrogens is 462 g/mol. The Balaban J connectivity index is 1.63. The van der Waals surface area contributed by atoms with Crippen LogP contribution in [0.25, 0.3) is 0 Å². The topological polar surface area (TPSA) is 98.4 Å². The van der Waals surface area contributed by atoms with E-state index < -0.39 is 0 Å². The van der Waals surface area contributed by atoms with Gasteiger partial charge in [-0.1, -0.05) is 6.42 Å². The monoisotopic (exact) mass is 505 g/mol. The number of ether oxygens (including phenoxy) is 4. The van der Waals surface area contributed by atoms with Crippen molar-refractivity contribution in [1.82, 2.24) is 15.5 Å². The minimum absolute atomic E-state index is 0.0129. The Morgan fingerprint density at radius 1 is 1.08 bits per heavy atom. The van der Waals surface area contributed by atoms with Crippen molar-refractivity contribution in [3.63, 3.8) is 0 Å². The molecule has 1 aliphatic heterocycles. The van der Waals surface area contributed by atoms with Crippen LogP contribution in [0.3, 0.4) is 0 Å². The maximum absolute atomic E-state index is 13.6. The van der Waals surface area contributed by atoms with Gasteiger partial charge in [0.15, 0.2) is 11.5 Å². The molecule has 1 aromatic carbocycles. The Kier molecular flexibility index (Phi) is 11.1. The van der Waals surface area contributed by atoms with Gasteiger partial charge in [0.2, 0.25) is 0 Å². The van der Waals surface area contributed by atoms with Crippen molar-refractivity contribution in [3.8, 4) is 11.5 Å². The maximum atomic E-state index is 13.6. The molecule has 2 fully saturated rings. The molecular formula is C27H43N3O6. The lowest BCUT2D eigenvalue weighted by atomic mass is 9.98. The standard InChI is InChI=1S/C27H43N3O6/c1-19(2)30(26(31)20-11-12-24(34-4)25(15-20)35-14-8-13-33-3)18-21-16-28-17-23(21)29-27(32)36-22-9-6-5-7-10-22/h11-12,15,19,21-23,28H,5-10,13-14,16-18H2,1-4H3,(H,29,32)/t21-,23+/m0/s1. The van der Waals surface area contributed by atoms with Crippen molar-refractivity contribution in [3.05, 3.63) is 23.8 Å². The molecule has 1 saturated heterocycles. The van der Waals surface area contributed by atoms with Crippen LogP contribution in [0.1, 0.15) is 62.7 Å². The second kappa shape index (κ2) is 14.3. The third-order valence-corrected chi connectivity index (χ3v) is 6.95. The number of benzene rings is 1. The number of hydrogen-bond donors (Lipinski definition) is 2. The maximum Gasteiger partial charge on any atom is 0.407 e. The quantitative estimate of drug-likeness (QED) is 0.419. The molecule has 36 heavy (non-hydrogen) atoms. The van der Waals surface area contributed by atoms with Crippen molar-refractivity contribution >= 4 is 12.0 Å². The zero-order valence-corrected chi connectivity index (χ0v) is 22.2. The van der Waals surface area contributed by atoms with Crippen LogP contribution in [-0.2, 0) is 9.47 Å². The highest BCUT2D eigenvalue weighted by Crippen LogP contribution is 2.29. The minimum Gasteiger partial charge on any atom is -0.493 e. The molecule has 0 aromatic heterocycles. The van der Waals surface area contributed by atoms with E-state index in [1.807, 2.05) is 18.7 Å². The predicted octanol–water partition coefficient (Wildman–Crippen LogP) is 3.61. The number of alkyl carbamates (subject to hydrolysis) is 1. The van der Waals surface area contributed by atoms with Crippen LogP contribution in [0.5, 0.6) is 11.5 Å². The third kappa shape index (κ3) is 8.00. The summed E-state index contributed by atoms with van der Waals surface area (Å²) in [6, 6.07) is 5.17. The van der Waals surface area contributed by atoms with E-state index in [0.29, 0.717) is 43.4 Å². The van der Waals surface area contributed by atoms with Gasteiger partial charge in [-0.2, -0.15) is 0 Å². The average molecular weight is 506 g/mol. The van der Waals surface area contributed by atoms with E-state index in [0.717, 1.165) is 38.6 Å². The zero-order chi connectivity index (χ0) is 25.9. The lowest BCUT2D eigenvalue weighted by Crippen LogP contribution is -2.48. The number of carbonyl (C=O) groups is 2. The van der Waals surface area contributed by atoms with Crippen molar-refractivity contribution in [2.45, 2.75) is 70.6 Å². The number of hydrogen-bond acceptors (Lipinski definition) is 7. The van der Waals surface area contributed by atoms with Crippen LogP contribution in [0.4, 0.5) is 4.79 Å². The molecule has 202 valence electrons. The molecule has 1 saturated carbocycles. The molecule has 0 spiro atoms. The van der Waals surface area contributed by atoms with Crippen molar-refractivity contribution in [1.29, 1.82) is 0 Å². The van der Waals surface area contributed by atoms with Crippen LogP contribution in [0, 0.1) is 5.92 Å². The highest BCUT2D eigenvalue weighted by Gasteiger charge is 2.33. The van der Waals surface area contributed by atoms with Gasteiger partial charge in [0.05, 0.1) is 19.8 Å². The summed E-state index contributed by atoms with van der Waals surface area (Å²) >= 11 is 0. The number of rotatable bonds is 12. The predicted molar refractivity (Wildman–Crippen MR) is 138 cm³/mol. The van der Waals surface area contributed by atoms with Crippen LogP contribution in [-0.4, -0.2) is 82.2 Å². The Labute approximate surface area is 215 Å².